The van der Waals surface area contributed by atoms with E-state index in [1.807, 2.05) is 31.2 Å². The van der Waals surface area contributed by atoms with Crippen molar-refractivity contribution in [1.29, 1.82) is 0 Å². The van der Waals surface area contributed by atoms with Crippen LogP contribution in [0.2, 0.25) is 0 Å². The van der Waals surface area contributed by atoms with Crippen LogP contribution < -0.4 is 15.2 Å². The molecule has 0 saturated heterocycles. The number of nitrogens with two attached hydrogens (primary N) is 1. The Kier molecular flexibility index (Phi) is 6.28. The van der Waals surface area contributed by atoms with E-state index in [0.717, 1.165) is 17.9 Å². The van der Waals surface area contributed by atoms with Gasteiger partial charge in [0.25, 0.3) is 0 Å². The zero-order valence-corrected chi connectivity index (χ0v) is 13.4. The van der Waals surface area contributed by atoms with Crippen molar-refractivity contribution >= 4 is 0 Å². The summed E-state index contributed by atoms with van der Waals surface area (Å²) in [5, 5.41) is 0. The first kappa shape index (κ1) is 16.4. The van der Waals surface area contributed by atoms with Crippen LogP contribution >= 0.6 is 0 Å². The lowest BCUT2D eigenvalue weighted by molar-refractivity contribution is 0.293. The van der Waals surface area contributed by atoms with Gasteiger partial charge in [-0.15, -0.1) is 0 Å². The summed E-state index contributed by atoms with van der Waals surface area (Å²) in [6, 6.07) is 16.2. The molecular weight excluding hydrogens is 274 g/mol. The Hall–Kier alpha value is -2.00. The number of aryl methyl sites for hydroxylation is 1. The van der Waals surface area contributed by atoms with E-state index in [9.17, 15) is 0 Å². The van der Waals surface area contributed by atoms with Gasteiger partial charge in [-0.3, -0.25) is 0 Å². The summed E-state index contributed by atoms with van der Waals surface area (Å²) in [6.07, 6.45) is 0.903. The van der Waals surface area contributed by atoms with E-state index in [1.165, 1.54) is 11.1 Å². The van der Waals surface area contributed by atoms with Crippen LogP contribution in [0.25, 0.3) is 0 Å². The number of rotatable bonds is 8. The van der Waals surface area contributed by atoms with Crippen molar-refractivity contribution in [2.24, 2.45) is 5.73 Å². The van der Waals surface area contributed by atoms with E-state index < -0.39 is 0 Å². The summed E-state index contributed by atoms with van der Waals surface area (Å²) in [4.78, 5) is 0. The van der Waals surface area contributed by atoms with Crippen LogP contribution in [0, 0.1) is 6.92 Å². The van der Waals surface area contributed by atoms with Crippen molar-refractivity contribution in [3.05, 3.63) is 59.7 Å². The molecule has 2 N–H and O–H groups in total. The molecule has 0 saturated carbocycles. The molecule has 118 valence electrons. The molecule has 0 bridgehead atoms. The Bertz CT molecular complexity index is 583. The molecule has 0 aliphatic heterocycles. The van der Waals surface area contributed by atoms with Gasteiger partial charge in [0.05, 0.1) is 13.2 Å². The zero-order chi connectivity index (χ0) is 15.8. The molecular formula is C19H25NO2. The van der Waals surface area contributed by atoms with Crippen LogP contribution in [0.5, 0.6) is 11.5 Å². The normalized spacial score (nSPS) is 12.0. The number of hydrogen-bond donors (Lipinski definition) is 1. The average molecular weight is 299 g/mol. The minimum Gasteiger partial charge on any atom is -0.494 e. The van der Waals surface area contributed by atoms with Gasteiger partial charge in [-0.05, 0) is 56.0 Å². The standard InChI is InChI=1S/C19H25NO2/c1-3-21-17-8-6-9-18(13-17)22-12-11-16(14-20)19-10-5-4-7-15(19)2/h4-10,13,16H,3,11-12,14,20H2,1-2H3. The van der Waals surface area contributed by atoms with Crippen molar-refractivity contribution in [2.75, 3.05) is 19.8 Å². The van der Waals surface area contributed by atoms with E-state index in [4.69, 9.17) is 15.2 Å². The first-order valence-corrected chi connectivity index (χ1v) is 7.85. The van der Waals surface area contributed by atoms with Crippen LogP contribution in [0.15, 0.2) is 48.5 Å². The molecule has 0 aromatic heterocycles. The smallest absolute Gasteiger partial charge is 0.122 e. The second-order valence-electron chi connectivity index (χ2n) is 5.33. The molecule has 1 atom stereocenters. The molecule has 0 aliphatic rings. The van der Waals surface area contributed by atoms with Crippen molar-refractivity contribution in [2.45, 2.75) is 26.2 Å². The van der Waals surface area contributed by atoms with Crippen molar-refractivity contribution in [1.82, 2.24) is 0 Å². The van der Waals surface area contributed by atoms with Gasteiger partial charge in [0.2, 0.25) is 0 Å². The number of hydrogen-bond acceptors (Lipinski definition) is 3. The summed E-state index contributed by atoms with van der Waals surface area (Å²) in [6.45, 7) is 6.04. The minimum absolute atomic E-state index is 0.330. The van der Waals surface area contributed by atoms with E-state index in [2.05, 4.69) is 31.2 Å². The fourth-order valence-corrected chi connectivity index (χ4v) is 2.58. The van der Waals surface area contributed by atoms with Gasteiger partial charge in [0.15, 0.2) is 0 Å². The fourth-order valence-electron chi connectivity index (χ4n) is 2.58. The number of benzene rings is 2. The van der Waals surface area contributed by atoms with Gasteiger partial charge in [0, 0.05) is 6.07 Å². The van der Waals surface area contributed by atoms with Crippen molar-refractivity contribution < 1.29 is 9.47 Å². The summed E-state index contributed by atoms with van der Waals surface area (Å²) >= 11 is 0. The van der Waals surface area contributed by atoms with Crippen LogP contribution in [-0.4, -0.2) is 19.8 Å². The lowest BCUT2D eigenvalue weighted by Gasteiger charge is -2.18. The van der Waals surface area contributed by atoms with Crippen LogP contribution in [0.4, 0.5) is 0 Å². The zero-order valence-electron chi connectivity index (χ0n) is 13.4. The van der Waals surface area contributed by atoms with Crippen molar-refractivity contribution in [3.8, 4) is 11.5 Å². The van der Waals surface area contributed by atoms with Crippen LogP contribution in [-0.2, 0) is 0 Å². The lowest BCUT2D eigenvalue weighted by atomic mass is 9.92. The van der Waals surface area contributed by atoms with Gasteiger partial charge < -0.3 is 15.2 Å². The molecule has 0 aliphatic carbocycles. The Morgan fingerprint density at radius 1 is 1.00 bits per heavy atom. The summed E-state index contributed by atoms with van der Waals surface area (Å²) < 4.78 is 11.3. The second kappa shape index (κ2) is 8.44. The highest BCUT2D eigenvalue weighted by Crippen LogP contribution is 2.24. The Morgan fingerprint density at radius 2 is 1.73 bits per heavy atom. The number of ether oxygens (including phenoxy) is 2. The highest BCUT2D eigenvalue weighted by Gasteiger charge is 2.12. The first-order chi connectivity index (χ1) is 10.7. The predicted octanol–water partition coefficient (Wildman–Crippen LogP) is 3.91. The fraction of sp³-hybridized carbons (Fsp3) is 0.368. The summed E-state index contributed by atoms with van der Waals surface area (Å²) in [5.41, 5.74) is 8.55. The molecule has 2 rings (SSSR count). The Balaban J connectivity index is 1.92. The summed E-state index contributed by atoms with van der Waals surface area (Å²) in [5.74, 6) is 2.01. The van der Waals surface area contributed by atoms with Crippen molar-refractivity contribution in [3.63, 3.8) is 0 Å². The highest BCUT2D eigenvalue weighted by molar-refractivity contribution is 5.33. The third kappa shape index (κ3) is 4.50. The van der Waals surface area contributed by atoms with Gasteiger partial charge >= 0.3 is 0 Å². The largest absolute Gasteiger partial charge is 0.494 e. The topological polar surface area (TPSA) is 44.5 Å². The summed E-state index contributed by atoms with van der Waals surface area (Å²) in [7, 11) is 0. The third-order valence-electron chi connectivity index (χ3n) is 3.76. The molecule has 1 unspecified atom stereocenters. The average Bonchev–Trinajstić information content (AvgIpc) is 2.53. The van der Waals surface area contributed by atoms with Gasteiger partial charge in [-0.2, -0.15) is 0 Å². The van der Waals surface area contributed by atoms with Gasteiger partial charge in [0.1, 0.15) is 11.5 Å². The molecule has 22 heavy (non-hydrogen) atoms. The molecule has 2 aromatic carbocycles. The molecule has 0 heterocycles. The minimum atomic E-state index is 0.330. The second-order valence-corrected chi connectivity index (χ2v) is 5.33. The maximum Gasteiger partial charge on any atom is 0.122 e. The third-order valence-corrected chi connectivity index (χ3v) is 3.76. The first-order valence-electron chi connectivity index (χ1n) is 7.85. The SMILES string of the molecule is CCOc1cccc(OCCC(CN)c2ccccc2C)c1. The van der Waals surface area contributed by atoms with Crippen LogP contribution in [0.1, 0.15) is 30.4 Å². The lowest BCUT2D eigenvalue weighted by Crippen LogP contribution is -2.16. The Morgan fingerprint density at radius 3 is 2.41 bits per heavy atom. The Labute approximate surface area is 133 Å². The maximum atomic E-state index is 5.94. The van der Waals surface area contributed by atoms with E-state index in [0.29, 0.717) is 25.7 Å². The molecule has 0 fully saturated rings. The molecule has 3 nitrogen and oxygen atoms in total. The predicted molar refractivity (Wildman–Crippen MR) is 90.7 cm³/mol. The molecule has 3 heteroatoms. The van der Waals surface area contributed by atoms with E-state index >= 15 is 0 Å². The van der Waals surface area contributed by atoms with Gasteiger partial charge in [-0.25, -0.2) is 0 Å². The van der Waals surface area contributed by atoms with E-state index in [1.54, 1.807) is 0 Å². The molecule has 0 amide bonds. The molecule has 2 aromatic rings. The monoisotopic (exact) mass is 299 g/mol. The highest BCUT2D eigenvalue weighted by atomic mass is 16.5. The quantitative estimate of drug-likeness (QED) is 0.804. The van der Waals surface area contributed by atoms with E-state index in [-0.39, 0.29) is 0 Å². The van der Waals surface area contributed by atoms with Gasteiger partial charge in [-0.1, -0.05) is 30.3 Å². The van der Waals surface area contributed by atoms with Crippen LogP contribution in [0.3, 0.4) is 0 Å². The maximum absolute atomic E-state index is 5.94. The molecule has 0 radical (unpaired) electrons. The molecule has 0 spiro atoms.